The predicted molar refractivity (Wildman–Crippen MR) is 67.6 cm³/mol. The normalized spacial score (nSPS) is 12.1. The summed E-state index contributed by atoms with van der Waals surface area (Å²) in [5.74, 6) is 1.01. The number of hydrogen-bond acceptors (Lipinski definition) is 1. The van der Waals surface area contributed by atoms with Gasteiger partial charge in [0, 0.05) is 14.1 Å². The Kier molecular flexibility index (Phi) is 4.10. The van der Waals surface area contributed by atoms with Crippen molar-refractivity contribution in [3.05, 3.63) is 35.9 Å². The van der Waals surface area contributed by atoms with Crippen molar-refractivity contribution < 1.29 is 0 Å². The third-order valence-electron chi connectivity index (χ3n) is 2.17. The summed E-state index contributed by atoms with van der Waals surface area (Å²) in [5, 5.41) is 0. The lowest BCUT2D eigenvalue weighted by atomic mass is 10.2. The van der Waals surface area contributed by atoms with E-state index in [0.717, 1.165) is 11.5 Å². The maximum absolute atomic E-state index is 4.51. The zero-order valence-corrected chi connectivity index (χ0v) is 9.86. The molecular formula is C13H18N2. The van der Waals surface area contributed by atoms with Gasteiger partial charge in [-0.1, -0.05) is 24.3 Å². The molecule has 0 heterocycles. The second-order valence-electron chi connectivity index (χ2n) is 3.65. The summed E-state index contributed by atoms with van der Waals surface area (Å²) in [6.07, 6.45) is 4.10. The number of hydrogen-bond donors (Lipinski definition) is 0. The number of allylic oxidation sites excluding steroid dienone is 1. The third-order valence-corrected chi connectivity index (χ3v) is 2.17. The van der Waals surface area contributed by atoms with E-state index in [-0.39, 0.29) is 0 Å². The average Bonchev–Trinajstić information content (AvgIpc) is 2.18. The Morgan fingerprint density at radius 1 is 1.33 bits per heavy atom. The SMILES string of the molecule is CC=Cc1cccc(N=C(C)N(C)C)c1. The Morgan fingerprint density at radius 3 is 2.67 bits per heavy atom. The standard InChI is InChI=1S/C13H18N2/c1-5-7-12-8-6-9-13(10-12)14-11(2)15(3)4/h5-10H,1-4H3. The van der Waals surface area contributed by atoms with Crippen LogP contribution in [-0.2, 0) is 0 Å². The van der Waals surface area contributed by atoms with Gasteiger partial charge in [0.2, 0.25) is 0 Å². The van der Waals surface area contributed by atoms with Gasteiger partial charge in [0.15, 0.2) is 0 Å². The largest absolute Gasteiger partial charge is 0.366 e. The van der Waals surface area contributed by atoms with E-state index in [2.05, 4.69) is 23.2 Å². The van der Waals surface area contributed by atoms with Gasteiger partial charge >= 0.3 is 0 Å². The van der Waals surface area contributed by atoms with E-state index in [1.165, 1.54) is 5.56 Å². The Balaban J connectivity index is 2.96. The van der Waals surface area contributed by atoms with Crippen molar-refractivity contribution in [2.75, 3.05) is 14.1 Å². The first-order valence-corrected chi connectivity index (χ1v) is 5.09. The number of rotatable bonds is 2. The molecule has 0 unspecified atom stereocenters. The van der Waals surface area contributed by atoms with Gasteiger partial charge in [-0.25, -0.2) is 4.99 Å². The third kappa shape index (κ3) is 3.58. The van der Waals surface area contributed by atoms with Crippen LogP contribution in [0.5, 0.6) is 0 Å². The molecule has 0 amide bonds. The summed E-state index contributed by atoms with van der Waals surface area (Å²) in [6.45, 7) is 4.02. The average molecular weight is 202 g/mol. The van der Waals surface area contributed by atoms with E-state index in [4.69, 9.17) is 0 Å². The smallest absolute Gasteiger partial charge is 0.101 e. The lowest BCUT2D eigenvalue weighted by Crippen LogP contribution is -2.17. The van der Waals surface area contributed by atoms with Crippen LogP contribution in [-0.4, -0.2) is 24.8 Å². The van der Waals surface area contributed by atoms with Crippen molar-refractivity contribution in [2.24, 2.45) is 4.99 Å². The highest BCUT2D eigenvalue weighted by molar-refractivity contribution is 5.82. The predicted octanol–water partition coefficient (Wildman–Crippen LogP) is 3.33. The lowest BCUT2D eigenvalue weighted by Gasteiger charge is -2.10. The van der Waals surface area contributed by atoms with Crippen molar-refractivity contribution in [1.29, 1.82) is 0 Å². The van der Waals surface area contributed by atoms with Gasteiger partial charge < -0.3 is 4.90 Å². The van der Waals surface area contributed by atoms with E-state index in [1.807, 2.05) is 51.1 Å². The van der Waals surface area contributed by atoms with Crippen LogP contribution in [0, 0.1) is 0 Å². The monoisotopic (exact) mass is 202 g/mol. The number of amidine groups is 1. The summed E-state index contributed by atoms with van der Waals surface area (Å²) in [5.41, 5.74) is 2.18. The van der Waals surface area contributed by atoms with Gasteiger partial charge in [-0.2, -0.15) is 0 Å². The van der Waals surface area contributed by atoms with Gasteiger partial charge in [-0.05, 0) is 31.5 Å². The van der Waals surface area contributed by atoms with Crippen LogP contribution in [0.3, 0.4) is 0 Å². The number of nitrogens with zero attached hydrogens (tertiary/aromatic N) is 2. The van der Waals surface area contributed by atoms with Crippen molar-refractivity contribution in [1.82, 2.24) is 4.90 Å². The summed E-state index contributed by atoms with van der Waals surface area (Å²) < 4.78 is 0. The maximum atomic E-state index is 4.51. The maximum Gasteiger partial charge on any atom is 0.101 e. The highest BCUT2D eigenvalue weighted by atomic mass is 15.1. The minimum Gasteiger partial charge on any atom is -0.366 e. The molecule has 0 aliphatic heterocycles. The van der Waals surface area contributed by atoms with Gasteiger partial charge in [0.1, 0.15) is 5.84 Å². The summed E-state index contributed by atoms with van der Waals surface area (Å²) in [6, 6.07) is 8.19. The molecule has 80 valence electrons. The zero-order chi connectivity index (χ0) is 11.3. The number of aliphatic imine (C=N–C) groups is 1. The first kappa shape index (κ1) is 11.5. The molecule has 0 fully saturated rings. The Labute approximate surface area is 92.0 Å². The van der Waals surface area contributed by atoms with Crippen LogP contribution in [0.1, 0.15) is 19.4 Å². The summed E-state index contributed by atoms with van der Waals surface area (Å²) in [7, 11) is 3.99. The van der Waals surface area contributed by atoms with Crippen molar-refractivity contribution in [3.8, 4) is 0 Å². The quantitative estimate of drug-likeness (QED) is 0.530. The van der Waals surface area contributed by atoms with Gasteiger partial charge in [0.05, 0.1) is 5.69 Å². The van der Waals surface area contributed by atoms with Crippen LogP contribution in [0.4, 0.5) is 5.69 Å². The Morgan fingerprint density at radius 2 is 2.07 bits per heavy atom. The summed E-state index contributed by atoms with van der Waals surface area (Å²) >= 11 is 0. The lowest BCUT2D eigenvalue weighted by molar-refractivity contribution is 0.619. The topological polar surface area (TPSA) is 15.6 Å². The molecule has 1 aromatic rings. The van der Waals surface area contributed by atoms with E-state index >= 15 is 0 Å². The first-order chi connectivity index (χ1) is 7.13. The summed E-state index contributed by atoms with van der Waals surface area (Å²) in [4.78, 5) is 6.51. The van der Waals surface area contributed by atoms with E-state index < -0.39 is 0 Å². The molecule has 0 bridgehead atoms. The fourth-order valence-corrected chi connectivity index (χ4v) is 1.18. The Bertz CT molecular complexity index is 376. The highest BCUT2D eigenvalue weighted by Crippen LogP contribution is 2.15. The zero-order valence-electron chi connectivity index (χ0n) is 9.86. The first-order valence-electron chi connectivity index (χ1n) is 5.09. The van der Waals surface area contributed by atoms with Crippen LogP contribution in [0.25, 0.3) is 6.08 Å². The van der Waals surface area contributed by atoms with Gasteiger partial charge in [0.25, 0.3) is 0 Å². The van der Waals surface area contributed by atoms with Crippen molar-refractivity contribution in [2.45, 2.75) is 13.8 Å². The molecule has 0 N–H and O–H groups in total. The number of benzene rings is 1. The van der Waals surface area contributed by atoms with E-state index in [1.54, 1.807) is 0 Å². The van der Waals surface area contributed by atoms with Crippen molar-refractivity contribution >= 4 is 17.6 Å². The van der Waals surface area contributed by atoms with Crippen LogP contribution in [0.2, 0.25) is 0 Å². The van der Waals surface area contributed by atoms with E-state index in [0.29, 0.717) is 0 Å². The molecule has 2 nitrogen and oxygen atoms in total. The molecule has 0 saturated heterocycles. The van der Waals surface area contributed by atoms with Gasteiger partial charge in [-0.3, -0.25) is 0 Å². The molecule has 2 heteroatoms. The molecule has 0 aliphatic rings. The van der Waals surface area contributed by atoms with Crippen LogP contribution >= 0.6 is 0 Å². The fraction of sp³-hybridized carbons (Fsp3) is 0.308. The molecule has 0 saturated carbocycles. The molecule has 15 heavy (non-hydrogen) atoms. The second-order valence-corrected chi connectivity index (χ2v) is 3.65. The highest BCUT2D eigenvalue weighted by Gasteiger charge is 1.95. The molecule has 0 spiro atoms. The van der Waals surface area contributed by atoms with Crippen LogP contribution < -0.4 is 0 Å². The minimum absolute atomic E-state index is 0.997. The molecular weight excluding hydrogens is 184 g/mol. The van der Waals surface area contributed by atoms with Gasteiger partial charge in [-0.15, -0.1) is 0 Å². The van der Waals surface area contributed by atoms with E-state index in [9.17, 15) is 0 Å². The fourth-order valence-electron chi connectivity index (χ4n) is 1.18. The Hall–Kier alpha value is -1.57. The molecule has 0 aromatic heterocycles. The molecule has 0 atom stereocenters. The molecule has 1 rings (SSSR count). The minimum atomic E-state index is 0.997. The second kappa shape index (κ2) is 5.35. The molecule has 0 aliphatic carbocycles. The van der Waals surface area contributed by atoms with Crippen LogP contribution in [0.15, 0.2) is 35.3 Å². The molecule has 1 aromatic carbocycles. The van der Waals surface area contributed by atoms with Crippen molar-refractivity contribution in [3.63, 3.8) is 0 Å². The molecule has 0 radical (unpaired) electrons.